The van der Waals surface area contributed by atoms with Gasteiger partial charge in [0.2, 0.25) is 0 Å². The van der Waals surface area contributed by atoms with Crippen LogP contribution in [0.3, 0.4) is 0 Å². The van der Waals surface area contributed by atoms with Gasteiger partial charge in [-0.2, -0.15) is 5.10 Å². The summed E-state index contributed by atoms with van der Waals surface area (Å²) >= 11 is 5.73. The molecule has 2 aromatic rings. The molecule has 0 unspecified atom stereocenters. The molecule has 0 saturated carbocycles. The summed E-state index contributed by atoms with van der Waals surface area (Å²) in [7, 11) is 0. The summed E-state index contributed by atoms with van der Waals surface area (Å²) in [5.74, 6) is -0.0221. The number of halogens is 1. The van der Waals surface area contributed by atoms with Gasteiger partial charge in [0.15, 0.2) is 5.76 Å². The number of hydrogen-bond donors (Lipinski definition) is 1. The Kier molecular flexibility index (Phi) is 3.59. The van der Waals surface area contributed by atoms with Crippen LogP contribution in [0.4, 0.5) is 11.6 Å². The predicted molar refractivity (Wildman–Crippen MR) is 68.0 cm³/mol. The molecule has 0 saturated heterocycles. The van der Waals surface area contributed by atoms with Gasteiger partial charge in [-0.1, -0.05) is 11.6 Å². The van der Waals surface area contributed by atoms with Gasteiger partial charge in [-0.25, -0.2) is 0 Å². The van der Waals surface area contributed by atoms with Crippen molar-refractivity contribution < 1.29 is 9.34 Å². The van der Waals surface area contributed by atoms with Crippen molar-refractivity contribution in [1.29, 1.82) is 0 Å². The molecule has 0 fully saturated rings. The van der Waals surface area contributed by atoms with Crippen LogP contribution in [0.25, 0.3) is 0 Å². The minimum Gasteiger partial charge on any atom is -0.400 e. The summed E-state index contributed by atoms with van der Waals surface area (Å²) in [4.78, 5) is 9.77. The fraction of sp³-hybridized carbons (Fsp3) is 0. The number of hydrazone groups is 1. The third-order valence-corrected chi connectivity index (χ3v) is 2.27. The number of hydrogen-bond acceptors (Lipinski definition) is 5. The van der Waals surface area contributed by atoms with Gasteiger partial charge in [-0.05, 0) is 30.3 Å². The van der Waals surface area contributed by atoms with Gasteiger partial charge in [0.1, 0.15) is 4.92 Å². The van der Waals surface area contributed by atoms with Crippen LogP contribution in [0, 0.1) is 10.1 Å². The lowest BCUT2D eigenvalue weighted by Crippen LogP contribution is -1.89. The molecule has 0 radical (unpaired) electrons. The lowest BCUT2D eigenvalue weighted by Gasteiger charge is -1.98. The number of benzene rings is 1. The first-order valence-corrected chi connectivity index (χ1v) is 5.32. The van der Waals surface area contributed by atoms with Crippen LogP contribution in [-0.2, 0) is 0 Å². The average Bonchev–Trinajstić information content (AvgIpc) is 2.81. The van der Waals surface area contributed by atoms with E-state index >= 15 is 0 Å². The Labute approximate surface area is 107 Å². The lowest BCUT2D eigenvalue weighted by atomic mass is 10.3. The quantitative estimate of drug-likeness (QED) is 0.522. The number of furan rings is 1. The Morgan fingerprint density at radius 3 is 2.61 bits per heavy atom. The number of rotatable bonds is 4. The van der Waals surface area contributed by atoms with Gasteiger partial charge >= 0.3 is 5.88 Å². The molecule has 18 heavy (non-hydrogen) atoms. The van der Waals surface area contributed by atoms with Gasteiger partial charge in [-0.15, -0.1) is 0 Å². The predicted octanol–water partition coefficient (Wildman–Crippen LogP) is 3.29. The van der Waals surface area contributed by atoms with Crippen molar-refractivity contribution in [2.45, 2.75) is 0 Å². The summed E-state index contributed by atoms with van der Waals surface area (Å²) in [6.45, 7) is 0. The number of nitrogens with zero attached hydrogens (tertiary/aromatic N) is 2. The molecule has 0 aliphatic carbocycles. The van der Waals surface area contributed by atoms with Crippen LogP contribution in [-0.4, -0.2) is 11.1 Å². The molecule has 1 N–H and O–H groups in total. The molecule has 0 amide bonds. The normalized spacial score (nSPS) is 10.7. The molecule has 0 atom stereocenters. The van der Waals surface area contributed by atoms with Crippen LogP contribution in [0.5, 0.6) is 0 Å². The maximum atomic E-state index is 10.4. The second-order valence-electron chi connectivity index (χ2n) is 3.31. The lowest BCUT2D eigenvalue weighted by molar-refractivity contribution is -0.402. The first-order chi connectivity index (χ1) is 8.65. The van der Waals surface area contributed by atoms with Gasteiger partial charge < -0.3 is 4.42 Å². The van der Waals surface area contributed by atoms with Gasteiger partial charge in [0.25, 0.3) is 0 Å². The Bertz CT molecular complexity index is 577. The molecule has 0 spiro atoms. The highest BCUT2D eigenvalue weighted by Gasteiger charge is 2.09. The average molecular weight is 266 g/mol. The molecule has 0 aliphatic rings. The van der Waals surface area contributed by atoms with E-state index in [9.17, 15) is 10.1 Å². The summed E-state index contributed by atoms with van der Waals surface area (Å²) in [5.41, 5.74) is 3.49. The summed E-state index contributed by atoms with van der Waals surface area (Å²) < 4.78 is 4.89. The highest BCUT2D eigenvalue weighted by atomic mass is 35.5. The molecular weight excluding hydrogens is 258 g/mol. The Morgan fingerprint density at radius 2 is 2.00 bits per heavy atom. The van der Waals surface area contributed by atoms with Crippen molar-refractivity contribution in [3.63, 3.8) is 0 Å². The van der Waals surface area contributed by atoms with E-state index in [1.54, 1.807) is 24.3 Å². The summed E-state index contributed by atoms with van der Waals surface area (Å²) in [5, 5.41) is 14.9. The first-order valence-electron chi connectivity index (χ1n) is 4.94. The Hall–Kier alpha value is -2.34. The topological polar surface area (TPSA) is 80.7 Å². The van der Waals surface area contributed by atoms with Gasteiger partial charge in [0.05, 0.1) is 18.0 Å². The van der Waals surface area contributed by atoms with E-state index in [2.05, 4.69) is 10.5 Å². The maximum Gasteiger partial charge on any atom is 0.433 e. The van der Waals surface area contributed by atoms with Crippen LogP contribution >= 0.6 is 11.6 Å². The van der Waals surface area contributed by atoms with Crippen molar-refractivity contribution in [2.75, 3.05) is 5.43 Å². The first kappa shape index (κ1) is 12.1. The van der Waals surface area contributed by atoms with Crippen LogP contribution in [0.15, 0.2) is 45.9 Å². The molecule has 6 nitrogen and oxygen atoms in total. The van der Waals surface area contributed by atoms with Crippen molar-refractivity contribution >= 4 is 29.4 Å². The molecule has 7 heteroatoms. The fourth-order valence-corrected chi connectivity index (χ4v) is 1.33. The smallest absolute Gasteiger partial charge is 0.400 e. The van der Waals surface area contributed by atoms with Crippen molar-refractivity contribution in [2.24, 2.45) is 5.10 Å². The molecule has 0 aliphatic heterocycles. The number of nitro groups is 1. The maximum absolute atomic E-state index is 10.4. The zero-order valence-electron chi connectivity index (χ0n) is 9.04. The minimum absolute atomic E-state index is 0.295. The zero-order valence-corrected chi connectivity index (χ0v) is 9.79. The number of anilines is 1. The second kappa shape index (κ2) is 5.33. The van der Waals surface area contributed by atoms with E-state index in [0.29, 0.717) is 10.8 Å². The van der Waals surface area contributed by atoms with E-state index in [-0.39, 0.29) is 5.88 Å². The molecule has 0 bridgehead atoms. The van der Waals surface area contributed by atoms with E-state index in [4.69, 9.17) is 16.0 Å². The van der Waals surface area contributed by atoms with Crippen molar-refractivity contribution in [1.82, 2.24) is 0 Å². The van der Waals surface area contributed by atoms with Crippen molar-refractivity contribution in [3.05, 3.63) is 57.3 Å². The van der Waals surface area contributed by atoms with E-state index < -0.39 is 4.92 Å². The third kappa shape index (κ3) is 3.08. The van der Waals surface area contributed by atoms with E-state index in [1.165, 1.54) is 18.3 Å². The number of nitrogens with one attached hydrogen (secondary N) is 1. The molecule has 1 aromatic heterocycles. The SMILES string of the molecule is O=[N+]([O-])c1ccc(C=NNc2ccc(Cl)cc2)o1. The molecule has 1 aromatic carbocycles. The van der Waals surface area contributed by atoms with Gasteiger partial charge in [0, 0.05) is 5.02 Å². The summed E-state index contributed by atoms with van der Waals surface area (Å²) in [6, 6.07) is 9.68. The third-order valence-electron chi connectivity index (χ3n) is 2.02. The largest absolute Gasteiger partial charge is 0.433 e. The van der Waals surface area contributed by atoms with Crippen LogP contribution < -0.4 is 5.43 Å². The van der Waals surface area contributed by atoms with Gasteiger partial charge in [-0.3, -0.25) is 15.5 Å². The van der Waals surface area contributed by atoms with Crippen molar-refractivity contribution in [3.8, 4) is 0 Å². The standard InChI is InChI=1S/C11H8ClN3O3/c12-8-1-3-9(4-2-8)14-13-7-10-5-6-11(18-10)15(16)17/h1-7,14H. The zero-order chi connectivity index (χ0) is 13.0. The minimum atomic E-state index is -0.607. The highest BCUT2D eigenvalue weighted by Crippen LogP contribution is 2.15. The molecule has 2 rings (SSSR count). The van der Waals surface area contributed by atoms with E-state index in [1.807, 2.05) is 0 Å². The molecular formula is C11H8ClN3O3. The Balaban J connectivity index is 1.98. The Morgan fingerprint density at radius 1 is 1.28 bits per heavy atom. The van der Waals surface area contributed by atoms with Crippen LogP contribution in [0.1, 0.15) is 5.76 Å². The summed E-state index contributed by atoms with van der Waals surface area (Å²) in [6.07, 6.45) is 1.35. The van der Waals surface area contributed by atoms with Crippen LogP contribution in [0.2, 0.25) is 5.02 Å². The molecule has 1 heterocycles. The monoisotopic (exact) mass is 265 g/mol. The highest BCUT2D eigenvalue weighted by molar-refractivity contribution is 6.30. The molecule has 92 valence electrons. The fourth-order valence-electron chi connectivity index (χ4n) is 1.20. The second-order valence-corrected chi connectivity index (χ2v) is 3.75. The van der Waals surface area contributed by atoms with E-state index in [0.717, 1.165) is 5.69 Å².